The van der Waals surface area contributed by atoms with E-state index in [2.05, 4.69) is 25.5 Å². The summed E-state index contributed by atoms with van der Waals surface area (Å²) < 4.78 is 2.00. The minimum atomic E-state index is -0.115. The standard InChI is InChI=1S/C17H24N6O/c24-17(20-7-3-10-22-12-8-19-14-22)15-4-1-5-16(21-15)23-11-2-6-18-9-13-23/h1,4-5,8,12,14,18H,2-3,6-7,9-11,13H2,(H,20,24). The van der Waals surface area contributed by atoms with E-state index in [0.29, 0.717) is 12.2 Å². The molecule has 2 aromatic rings. The number of pyridine rings is 1. The van der Waals surface area contributed by atoms with Gasteiger partial charge in [-0.3, -0.25) is 4.79 Å². The minimum Gasteiger partial charge on any atom is -0.355 e. The number of hydrogen-bond acceptors (Lipinski definition) is 5. The molecule has 1 fully saturated rings. The summed E-state index contributed by atoms with van der Waals surface area (Å²) in [6, 6.07) is 5.65. The number of aryl methyl sites for hydroxylation is 1. The number of carbonyl (C=O) groups excluding carboxylic acids is 1. The Morgan fingerprint density at radius 3 is 3.12 bits per heavy atom. The molecule has 0 aromatic carbocycles. The predicted molar refractivity (Wildman–Crippen MR) is 93.1 cm³/mol. The van der Waals surface area contributed by atoms with Gasteiger partial charge in [0.1, 0.15) is 11.5 Å². The van der Waals surface area contributed by atoms with E-state index in [1.807, 2.05) is 22.9 Å². The van der Waals surface area contributed by atoms with Crippen molar-refractivity contribution in [3.63, 3.8) is 0 Å². The predicted octanol–water partition coefficient (Wildman–Crippen LogP) is 0.898. The SMILES string of the molecule is O=C(NCCCn1ccnc1)c1cccc(N2CCCNCC2)n1. The lowest BCUT2D eigenvalue weighted by Gasteiger charge is -2.21. The van der Waals surface area contributed by atoms with Crippen LogP contribution in [0, 0.1) is 0 Å². The van der Waals surface area contributed by atoms with Gasteiger partial charge >= 0.3 is 0 Å². The Labute approximate surface area is 142 Å². The first-order valence-electron chi connectivity index (χ1n) is 8.49. The van der Waals surface area contributed by atoms with E-state index in [4.69, 9.17) is 0 Å². The van der Waals surface area contributed by atoms with Gasteiger partial charge in [0.2, 0.25) is 0 Å². The number of carbonyl (C=O) groups is 1. The van der Waals surface area contributed by atoms with Crippen molar-refractivity contribution >= 4 is 11.7 Å². The van der Waals surface area contributed by atoms with Crippen LogP contribution in [-0.4, -0.2) is 53.2 Å². The fourth-order valence-corrected chi connectivity index (χ4v) is 2.77. The van der Waals surface area contributed by atoms with Gasteiger partial charge in [0.25, 0.3) is 5.91 Å². The van der Waals surface area contributed by atoms with Crippen molar-refractivity contribution < 1.29 is 4.79 Å². The van der Waals surface area contributed by atoms with Gasteiger partial charge in [-0.25, -0.2) is 9.97 Å². The van der Waals surface area contributed by atoms with Gasteiger partial charge in [0.15, 0.2) is 0 Å². The number of nitrogens with one attached hydrogen (secondary N) is 2. The molecule has 2 N–H and O–H groups in total. The molecule has 3 heterocycles. The molecule has 3 rings (SSSR count). The molecule has 0 saturated carbocycles. The lowest BCUT2D eigenvalue weighted by atomic mass is 10.3. The van der Waals surface area contributed by atoms with E-state index in [0.717, 1.165) is 51.4 Å². The van der Waals surface area contributed by atoms with Crippen LogP contribution in [0.2, 0.25) is 0 Å². The van der Waals surface area contributed by atoms with Crippen LogP contribution in [0.4, 0.5) is 5.82 Å². The summed E-state index contributed by atoms with van der Waals surface area (Å²) in [5.74, 6) is 0.764. The van der Waals surface area contributed by atoms with Crippen molar-refractivity contribution in [2.24, 2.45) is 0 Å². The van der Waals surface area contributed by atoms with Crippen LogP contribution < -0.4 is 15.5 Å². The van der Waals surface area contributed by atoms with Gasteiger partial charge < -0.3 is 20.1 Å². The maximum atomic E-state index is 12.3. The largest absolute Gasteiger partial charge is 0.355 e. The van der Waals surface area contributed by atoms with Crippen molar-refractivity contribution in [2.45, 2.75) is 19.4 Å². The topological polar surface area (TPSA) is 75.1 Å². The molecule has 2 aromatic heterocycles. The summed E-state index contributed by atoms with van der Waals surface area (Å²) in [6.07, 6.45) is 7.41. The lowest BCUT2D eigenvalue weighted by Crippen LogP contribution is -2.30. The smallest absolute Gasteiger partial charge is 0.269 e. The highest BCUT2D eigenvalue weighted by atomic mass is 16.1. The molecule has 1 aliphatic heterocycles. The highest BCUT2D eigenvalue weighted by Gasteiger charge is 2.13. The van der Waals surface area contributed by atoms with Crippen molar-refractivity contribution in [3.05, 3.63) is 42.6 Å². The number of imidazole rings is 1. The second-order valence-corrected chi connectivity index (χ2v) is 5.88. The first kappa shape index (κ1) is 16.4. The van der Waals surface area contributed by atoms with Crippen molar-refractivity contribution in [1.82, 2.24) is 25.2 Å². The lowest BCUT2D eigenvalue weighted by molar-refractivity contribution is 0.0948. The molecule has 128 valence electrons. The van der Waals surface area contributed by atoms with Gasteiger partial charge in [0.05, 0.1) is 6.33 Å². The van der Waals surface area contributed by atoms with E-state index in [1.54, 1.807) is 18.6 Å². The van der Waals surface area contributed by atoms with Gasteiger partial charge in [-0.1, -0.05) is 6.07 Å². The zero-order chi connectivity index (χ0) is 16.6. The quantitative estimate of drug-likeness (QED) is 0.771. The van der Waals surface area contributed by atoms with Gasteiger partial charge in [-0.15, -0.1) is 0 Å². The molecule has 0 bridgehead atoms. The molecule has 0 aliphatic carbocycles. The van der Waals surface area contributed by atoms with E-state index in [-0.39, 0.29) is 5.91 Å². The van der Waals surface area contributed by atoms with Crippen LogP contribution in [-0.2, 0) is 6.54 Å². The zero-order valence-electron chi connectivity index (χ0n) is 13.8. The average Bonchev–Trinajstić information content (AvgIpc) is 2.98. The molecule has 7 nitrogen and oxygen atoms in total. The van der Waals surface area contributed by atoms with Crippen LogP contribution in [0.25, 0.3) is 0 Å². The second-order valence-electron chi connectivity index (χ2n) is 5.88. The van der Waals surface area contributed by atoms with E-state index in [1.165, 1.54) is 0 Å². The molecule has 0 atom stereocenters. The van der Waals surface area contributed by atoms with Crippen LogP contribution in [0.5, 0.6) is 0 Å². The maximum Gasteiger partial charge on any atom is 0.269 e. The fourth-order valence-electron chi connectivity index (χ4n) is 2.77. The maximum absolute atomic E-state index is 12.3. The summed E-state index contributed by atoms with van der Waals surface area (Å²) in [4.78, 5) is 23.1. The Morgan fingerprint density at radius 1 is 1.29 bits per heavy atom. The van der Waals surface area contributed by atoms with Crippen LogP contribution in [0.3, 0.4) is 0 Å². The van der Waals surface area contributed by atoms with Crippen LogP contribution in [0.1, 0.15) is 23.3 Å². The third-order valence-electron chi connectivity index (χ3n) is 4.07. The zero-order valence-corrected chi connectivity index (χ0v) is 13.8. The Kier molecular flexibility index (Phi) is 5.79. The molecule has 24 heavy (non-hydrogen) atoms. The third-order valence-corrected chi connectivity index (χ3v) is 4.07. The number of hydrogen-bond donors (Lipinski definition) is 2. The fraction of sp³-hybridized carbons (Fsp3) is 0.471. The average molecular weight is 328 g/mol. The highest BCUT2D eigenvalue weighted by Crippen LogP contribution is 2.12. The number of anilines is 1. The van der Waals surface area contributed by atoms with E-state index < -0.39 is 0 Å². The molecular weight excluding hydrogens is 304 g/mol. The Hall–Kier alpha value is -2.41. The van der Waals surface area contributed by atoms with Crippen molar-refractivity contribution in [3.8, 4) is 0 Å². The van der Waals surface area contributed by atoms with Gasteiger partial charge in [-0.2, -0.15) is 0 Å². The third kappa shape index (κ3) is 4.55. The first-order chi connectivity index (χ1) is 11.8. The second kappa shape index (κ2) is 8.44. The summed E-state index contributed by atoms with van der Waals surface area (Å²) in [5, 5.41) is 6.31. The molecule has 7 heteroatoms. The molecule has 1 aliphatic rings. The summed E-state index contributed by atoms with van der Waals surface area (Å²) in [6.45, 7) is 5.34. The molecule has 0 radical (unpaired) electrons. The summed E-state index contributed by atoms with van der Waals surface area (Å²) in [7, 11) is 0. The van der Waals surface area contributed by atoms with Crippen molar-refractivity contribution in [2.75, 3.05) is 37.6 Å². The minimum absolute atomic E-state index is 0.115. The Balaban J connectivity index is 1.51. The first-order valence-corrected chi connectivity index (χ1v) is 8.49. The molecule has 1 saturated heterocycles. The number of nitrogens with zero attached hydrogens (tertiary/aromatic N) is 4. The normalized spacial score (nSPS) is 15.1. The molecular formula is C17H24N6O. The Bertz CT molecular complexity index is 634. The highest BCUT2D eigenvalue weighted by molar-refractivity contribution is 5.92. The van der Waals surface area contributed by atoms with E-state index in [9.17, 15) is 4.79 Å². The monoisotopic (exact) mass is 328 g/mol. The van der Waals surface area contributed by atoms with Crippen LogP contribution in [0.15, 0.2) is 36.9 Å². The summed E-state index contributed by atoms with van der Waals surface area (Å²) in [5.41, 5.74) is 0.479. The van der Waals surface area contributed by atoms with Gasteiger partial charge in [0, 0.05) is 45.1 Å². The van der Waals surface area contributed by atoms with Crippen molar-refractivity contribution in [1.29, 1.82) is 0 Å². The van der Waals surface area contributed by atoms with Crippen LogP contribution >= 0.6 is 0 Å². The van der Waals surface area contributed by atoms with E-state index >= 15 is 0 Å². The number of amides is 1. The molecule has 0 unspecified atom stereocenters. The summed E-state index contributed by atoms with van der Waals surface area (Å²) >= 11 is 0. The number of aromatic nitrogens is 3. The molecule has 1 amide bonds. The Morgan fingerprint density at radius 2 is 2.25 bits per heavy atom. The van der Waals surface area contributed by atoms with Gasteiger partial charge in [-0.05, 0) is 31.5 Å². The molecule has 0 spiro atoms. The number of rotatable bonds is 6.